The third-order valence-corrected chi connectivity index (χ3v) is 6.56. The molecule has 0 bridgehead atoms. The van der Waals surface area contributed by atoms with Crippen LogP contribution in [0.5, 0.6) is 0 Å². The van der Waals surface area contributed by atoms with Crippen molar-refractivity contribution in [1.29, 1.82) is 0 Å². The van der Waals surface area contributed by atoms with Gasteiger partial charge in [-0.1, -0.05) is 81.0 Å². The Kier molecular flexibility index (Phi) is 3.41. The molecule has 4 rings (SSSR count). The molecular weight excluding hydrogens is 300 g/mol. The summed E-state index contributed by atoms with van der Waals surface area (Å²) in [6, 6.07) is 8.93. The van der Waals surface area contributed by atoms with Gasteiger partial charge in [-0.05, 0) is 59.6 Å². The maximum Gasteiger partial charge on any atom is 0.0296 e. The van der Waals surface area contributed by atoms with E-state index in [1.54, 1.807) is 0 Å². The number of hydrogen-bond donors (Lipinski definition) is 0. The van der Waals surface area contributed by atoms with Gasteiger partial charge in [-0.3, -0.25) is 0 Å². The topological polar surface area (TPSA) is 0 Å². The van der Waals surface area contributed by atoms with Crippen molar-refractivity contribution in [2.45, 2.75) is 47.5 Å². The summed E-state index contributed by atoms with van der Waals surface area (Å²) in [5.41, 5.74) is 10.2. The van der Waals surface area contributed by atoms with E-state index in [4.69, 9.17) is 0 Å². The molecule has 128 valence electrons. The third kappa shape index (κ3) is 2.06. The van der Waals surface area contributed by atoms with Gasteiger partial charge in [-0.2, -0.15) is 0 Å². The summed E-state index contributed by atoms with van der Waals surface area (Å²) in [4.78, 5) is 0. The molecule has 0 spiro atoms. The summed E-state index contributed by atoms with van der Waals surface area (Å²) in [5, 5.41) is 0. The van der Waals surface area contributed by atoms with Crippen LogP contribution in [0.3, 0.4) is 0 Å². The van der Waals surface area contributed by atoms with Crippen molar-refractivity contribution in [3.63, 3.8) is 0 Å². The van der Waals surface area contributed by atoms with Gasteiger partial charge in [0, 0.05) is 11.3 Å². The molecule has 1 aromatic carbocycles. The maximum absolute atomic E-state index is 2.48. The summed E-state index contributed by atoms with van der Waals surface area (Å²) in [6.07, 6.45) is 11.9. The predicted octanol–water partition coefficient (Wildman–Crippen LogP) is 6.99. The van der Waals surface area contributed by atoms with E-state index in [1.165, 1.54) is 39.0 Å². The lowest BCUT2D eigenvalue weighted by Crippen LogP contribution is -2.42. The molecule has 0 aromatic heterocycles. The van der Waals surface area contributed by atoms with E-state index in [2.05, 4.69) is 96.2 Å². The molecule has 0 N–H and O–H groups in total. The number of benzene rings is 1. The van der Waals surface area contributed by atoms with Gasteiger partial charge in [0.2, 0.25) is 0 Å². The first kappa shape index (κ1) is 16.4. The fourth-order valence-electron chi connectivity index (χ4n) is 5.18. The molecule has 25 heavy (non-hydrogen) atoms. The van der Waals surface area contributed by atoms with Crippen molar-refractivity contribution in [3.05, 3.63) is 87.6 Å². The van der Waals surface area contributed by atoms with E-state index < -0.39 is 0 Å². The van der Waals surface area contributed by atoms with Gasteiger partial charge in [0.05, 0.1) is 0 Å². The van der Waals surface area contributed by atoms with E-state index in [9.17, 15) is 0 Å². The van der Waals surface area contributed by atoms with Crippen LogP contribution in [0.4, 0.5) is 0 Å². The van der Waals surface area contributed by atoms with Gasteiger partial charge in [-0.25, -0.2) is 0 Å². The van der Waals surface area contributed by atoms with Crippen LogP contribution >= 0.6 is 0 Å². The Morgan fingerprint density at radius 1 is 0.960 bits per heavy atom. The summed E-state index contributed by atoms with van der Waals surface area (Å²) in [6.45, 7) is 14.0. The van der Waals surface area contributed by atoms with Crippen molar-refractivity contribution < 1.29 is 0 Å². The Morgan fingerprint density at radius 2 is 1.68 bits per heavy atom. The van der Waals surface area contributed by atoms with Gasteiger partial charge in [0.15, 0.2) is 0 Å². The van der Waals surface area contributed by atoms with Crippen molar-refractivity contribution in [2.24, 2.45) is 10.8 Å². The Labute approximate surface area is 152 Å². The molecule has 1 aromatic rings. The van der Waals surface area contributed by atoms with Crippen molar-refractivity contribution in [3.8, 4) is 0 Å². The van der Waals surface area contributed by atoms with Gasteiger partial charge >= 0.3 is 0 Å². The average molecular weight is 328 g/mol. The lowest BCUT2D eigenvalue weighted by molar-refractivity contribution is 0.167. The third-order valence-electron chi connectivity index (χ3n) is 6.56. The molecule has 0 nitrogen and oxygen atoms in total. The second-order valence-corrected chi connectivity index (χ2v) is 8.87. The molecule has 0 radical (unpaired) electrons. The van der Waals surface area contributed by atoms with Gasteiger partial charge in [0.1, 0.15) is 0 Å². The minimum atomic E-state index is -0.0245. The summed E-state index contributed by atoms with van der Waals surface area (Å²) < 4.78 is 0. The molecule has 0 saturated heterocycles. The normalized spacial score (nSPS) is 27.8. The fraction of sp³-hybridized carbons (Fsp3) is 0.360. The molecule has 1 unspecified atom stereocenters. The van der Waals surface area contributed by atoms with Crippen LogP contribution in [-0.2, 0) is 0 Å². The minimum absolute atomic E-state index is 0.0245. The first-order valence-electron chi connectivity index (χ1n) is 9.34. The zero-order valence-corrected chi connectivity index (χ0v) is 16.3. The highest BCUT2D eigenvalue weighted by Gasteiger charge is 2.53. The Hall–Kier alpha value is -2.08. The molecule has 3 aliphatic carbocycles. The highest BCUT2D eigenvalue weighted by atomic mass is 14.6. The molecule has 0 aliphatic heterocycles. The standard InChI is InChI=1S/C25H28/c1-16-15-22-20(18(16)3)12-9-13-25(22,24(4,5)6)23-17(2)14-19-10-7-8-11-21(19)23/h7-15,23H,1-6H3/t23-,25?/m1/s1. The van der Waals surface area contributed by atoms with Crippen molar-refractivity contribution >= 4 is 6.08 Å². The summed E-state index contributed by atoms with van der Waals surface area (Å²) in [5.74, 6) is 0.397. The van der Waals surface area contributed by atoms with Crippen LogP contribution in [0.1, 0.15) is 58.6 Å². The minimum Gasteiger partial charge on any atom is -0.0725 e. The van der Waals surface area contributed by atoms with E-state index in [-0.39, 0.29) is 10.8 Å². The summed E-state index contributed by atoms with van der Waals surface area (Å²) >= 11 is 0. The van der Waals surface area contributed by atoms with Gasteiger partial charge in [0.25, 0.3) is 0 Å². The molecule has 3 aliphatic rings. The average Bonchev–Trinajstić information content (AvgIpc) is 3.03. The molecule has 0 heteroatoms. The van der Waals surface area contributed by atoms with Crippen molar-refractivity contribution in [1.82, 2.24) is 0 Å². The Balaban J connectivity index is 1.99. The highest BCUT2D eigenvalue weighted by Crippen LogP contribution is 2.64. The van der Waals surface area contributed by atoms with E-state index >= 15 is 0 Å². The first-order valence-corrected chi connectivity index (χ1v) is 9.34. The molecular formula is C25H28. The molecule has 0 fully saturated rings. The van der Waals surface area contributed by atoms with Crippen LogP contribution in [0.15, 0.2) is 76.4 Å². The number of allylic oxidation sites excluding steroid dienone is 9. The molecule has 0 heterocycles. The second kappa shape index (κ2) is 5.21. The first-order chi connectivity index (χ1) is 11.8. The van der Waals surface area contributed by atoms with E-state index in [1.807, 2.05) is 0 Å². The number of rotatable bonds is 1. The van der Waals surface area contributed by atoms with E-state index in [0.717, 1.165) is 0 Å². The Morgan fingerprint density at radius 3 is 2.40 bits per heavy atom. The predicted molar refractivity (Wildman–Crippen MR) is 108 cm³/mol. The van der Waals surface area contributed by atoms with Crippen LogP contribution < -0.4 is 0 Å². The summed E-state index contributed by atoms with van der Waals surface area (Å²) in [7, 11) is 0. The van der Waals surface area contributed by atoms with E-state index in [0.29, 0.717) is 5.92 Å². The maximum atomic E-state index is 2.48. The number of fused-ring (bicyclic) bond motifs is 2. The van der Waals surface area contributed by atoms with Crippen molar-refractivity contribution in [2.75, 3.05) is 0 Å². The molecule has 2 atom stereocenters. The SMILES string of the molecule is CC1=Cc2ccccc2[C@@H]1C1(C(C)(C)C)C=CC=C2C1=CC(C)=C2C. The van der Waals surface area contributed by atoms with Crippen LogP contribution in [0.2, 0.25) is 0 Å². The quantitative estimate of drug-likeness (QED) is 0.521. The lowest BCUT2D eigenvalue weighted by Gasteiger charge is -2.51. The largest absolute Gasteiger partial charge is 0.0725 e. The smallest absolute Gasteiger partial charge is 0.0296 e. The van der Waals surface area contributed by atoms with Gasteiger partial charge < -0.3 is 0 Å². The monoisotopic (exact) mass is 328 g/mol. The zero-order valence-electron chi connectivity index (χ0n) is 16.3. The Bertz CT molecular complexity index is 906. The van der Waals surface area contributed by atoms with Crippen LogP contribution in [0, 0.1) is 10.8 Å². The second-order valence-electron chi connectivity index (χ2n) is 8.87. The fourth-order valence-corrected chi connectivity index (χ4v) is 5.18. The lowest BCUT2D eigenvalue weighted by atomic mass is 9.52. The highest BCUT2D eigenvalue weighted by molar-refractivity contribution is 5.72. The molecule has 0 saturated carbocycles. The van der Waals surface area contributed by atoms with Crippen LogP contribution in [-0.4, -0.2) is 0 Å². The van der Waals surface area contributed by atoms with Gasteiger partial charge in [-0.15, -0.1) is 0 Å². The number of hydrogen-bond acceptors (Lipinski definition) is 0. The molecule has 0 amide bonds. The zero-order chi connectivity index (χ0) is 18.0. The van der Waals surface area contributed by atoms with Crippen LogP contribution in [0.25, 0.3) is 6.08 Å².